The smallest absolute Gasteiger partial charge is 0.236 e. The summed E-state index contributed by atoms with van der Waals surface area (Å²) < 4.78 is 14.5. The van der Waals surface area contributed by atoms with E-state index >= 15 is 0 Å². The summed E-state index contributed by atoms with van der Waals surface area (Å²) in [5.41, 5.74) is 0.583. The van der Waals surface area contributed by atoms with Crippen LogP contribution >= 0.6 is 15.9 Å². The summed E-state index contributed by atoms with van der Waals surface area (Å²) in [6, 6.07) is 4.81. The Labute approximate surface area is 127 Å². The Morgan fingerprint density at radius 2 is 2.10 bits per heavy atom. The van der Waals surface area contributed by atoms with Gasteiger partial charge in [-0.15, -0.1) is 0 Å². The number of hydrogen-bond donors (Lipinski definition) is 1. The normalized spacial score (nSPS) is 17.1. The van der Waals surface area contributed by atoms with E-state index in [1.807, 2.05) is 17.9 Å². The van der Waals surface area contributed by atoms with Crippen LogP contribution in [-0.2, 0) is 4.79 Å². The van der Waals surface area contributed by atoms with E-state index in [-0.39, 0.29) is 24.3 Å². The number of carbonyl (C=O) groups excluding carboxylic acids is 1. The van der Waals surface area contributed by atoms with Crippen LogP contribution in [0.3, 0.4) is 0 Å². The van der Waals surface area contributed by atoms with E-state index < -0.39 is 0 Å². The summed E-state index contributed by atoms with van der Waals surface area (Å²) in [4.78, 5) is 13.9. The van der Waals surface area contributed by atoms with Crippen molar-refractivity contribution in [3.05, 3.63) is 34.1 Å². The minimum absolute atomic E-state index is 0.106. The van der Waals surface area contributed by atoms with Gasteiger partial charge in [-0.25, -0.2) is 4.39 Å². The highest BCUT2D eigenvalue weighted by atomic mass is 79.9. The summed E-state index contributed by atoms with van der Waals surface area (Å²) in [6.07, 6.45) is 3.38. The van der Waals surface area contributed by atoms with Gasteiger partial charge in [-0.1, -0.05) is 22.0 Å². The Bertz CT molecular complexity index is 475. The molecule has 1 saturated heterocycles. The molecule has 1 aromatic carbocycles. The van der Waals surface area contributed by atoms with Gasteiger partial charge < -0.3 is 10.2 Å². The molecule has 1 aromatic rings. The van der Waals surface area contributed by atoms with Crippen molar-refractivity contribution >= 4 is 21.8 Å². The average Bonchev–Trinajstić information content (AvgIpc) is 2.45. The number of likely N-dealkylation sites (tertiary alicyclic amines) is 1. The fourth-order valence-electron chi connectivity index (χ4n) is 2.46. The molecule has 0 bridgehead atoms. The summed E-state index contributed by atoms with van der Waals surface area (Å²) in [6.45, 7) is 3.83. The number of benzene rings is 1. The van der Waals surface area contributed by atoms with Gasteiger partial charge in [0.1, 0.15) is 5.82 Å². The predicted molar refractivity (Wildman–Crippen MR) is 80.9 cm³/mol. The number of amides is 1. The van der Waals surface area contributed by atoms with Crippen LogP contribution in [-0.4, -0.2) is 30.4 Å². The van der Waals surface area contributed by atoms with Gasteiger partial charge in [0, 0.05) is 29.2 Å². The number of halogens is 2. The minimum Gasteiger partial charge on any atom is -0.342 e. The molecular formula is C15H20BrFN2O. The molecule has 0 spiro atoms. The molecule has 1 atom stereocenters. The molecule has 0 radical (unpaired) electrons. The van der Waals surface area contributed by atoms with E-state index in [0.29, 0.717) is 5.56 Å². The molecule has 1 unspecified atom stereocenters. The maximum absolute atomic E-state index is 13.8. The Kier molecular flexibility index (Phi) is 5.54. The summed E-state index contributed by atoms with van der Waals surface area (Å²) in [5, 5.41) is 3.11. The molecule has 20 heavy (non-hydrogen) atoms. The van der Waals surface area contributed by atoms with Gasteiger partial charge >= 0.3 is 0 Å². The fraction of sp³-hybridized carbons (Fsp3) is 0.533. The lowest BCUT2D eigenvalue weighted by Crippen LogP contribution is -2.41. The summed E-state index contributed by atoms with van der Waals surface area (Å²) >= 11 is 3.24. The SMILES string of the molecule is CC(NCC(=O)N1CCCCC1)c1ccc(Br)cc1F. The maximum Gasteiger partial charge on any atom is 0.236 e. The van der Waals surface area contributed by atoms with Crippen LogP contribution < -0.4 is 5.32 Å². The van der Waals surface area contributed by atoms with E-state index in [0.717, 1.165) is 30.4 Å². The largest absolute Gasteiger partial charge is 0.342 e. The molecule has 1 amide bonds. The van der Waals surface area contributed by atoms with Crippen LogP contribution in [0.25, 0.3) is 0 Å². The van der Waals surface area contributed by atoms with E-state index in [1.54, 1.807) is 6.07 Å². The number of rotatable bonds is 4. The monoisotopic (exact) mass is 342 g/mol. The van der Waals surface area contributed by atoms with Crippen molar-refractivity contribution in [3.63, 3.8) is 0 Å². The highest BCUT2D eigenvalue weighted by Crippen LogP contribution is 2.20. The van der Waals surface area contributed by atoms with Gasteiger partial charge in [-0.3, -0.25) is 4.79 Å². The van der Waals surface area contributed by atoms with Crippen LogP contribution in [0.2, 0.25) is 0 Å². The van der Waals surface area contributed by atoms with Crippen LogP contribution in [0.5, 0.6) is 0 Å². The molecule has 1 heterocycles. The lowest BCUT2D eigenvalue weighted by atomic mass is 10.1. The minimum atomic E-state index is -0.259. The van der Waals surface area contributed by atoms with Gasteiger partial charge in [0.25, 0.3) is 0 Å². The van der Waals surface area contributed by atoms with E-state index in [2.05, 4.69) is 21.2 Å². The lowest BCUT2D eigenvalue weighted by molar-refractivity contribution is -0.131. The second kappa shape index (κ2) is 7.18. The van der Waals surface area contributed by atoms with Gasteiger partial charge in [-0.05, 0) is 38.3 Å². The summed E-state index contributed by atoms with van der Waals surface area (Å²) in [5.74, 6) is -0.154. The molecule has 1 N–H and O–H groups in total. The van der Waals surface area contributed by atoms with Crippen molar-refractivity contribution in [1.29, 1.82) is 0 Å². The van der Waals surface area contributed by atoms with E-state index in [4.69, 9.17) is 0 Å². The zero-order valence-corrected chi connectivity index (χ0v) is 13.2. The number of piperidine rings is 1. The number of carbonyl (C=O) groups is 1. The van der Waals surface area contributed by atoms with Gasteiger partial charge in [0.2, 0.25) is 5.91 Å². The molecule has 1 aliphatic heterocycles. The molecule has 1 fully saturated rings. The first kappa shape index (κ1) is 15.4. The van der Waals surface area contributed by atoms with E-state index in [9.17, 15) is 9.18 Å². The lowest BCUT2D eigenvalue weighted by Gasteiger charge is -2.27. The standard InChI is InChI=1S/C15H20BrFN2O/c1-11(13-6-5-12(16)9-14(13)17)18-10-15(20)19-7-3-2-4-8-19/h5-6,9,11,18H,2-4,7-8,10H2,1H3. The zero-order valence-electron chi connectivity index (χ0n) is 11.7. The van der Waals surface area contributed by atoms with Crippen LogP contribution in [0.15, 0.2) is 22.7 Å². The molecule has 0 aliphatic carbocycles. The van der Waals surface area contributed by atoms with Crippen molar-refractivity contribution in [3.8, 4) is 0 Å². The van der Waals surface area contributed by atoms with Gasteiger partial charge in [0.05, 0.1) is 6.54 Å². The van der Waals surface area contributed by atoms with Crippen molar-refractivity contribution in [2.24, 2.45) is 0 Å². The van der Waals surface area contributed by atoms with Crippen molar-refractivity contribution < 1.29 is 9.18 Å². The van der Waals surface area contributed by atoms with Crippen LogP contribution in [0, 0.1) is 5.82 Å². The second-order valence-corrected chi connectivity index (χ2v) is 6.13. The second-order valence-electron chi connectivity index (χ2n) is 5.21. The maximum atomic E-state index is 13.8. The van der Waals surface area contributed by atoms with Crippen molar-refractivity contribution in [2.75, 3.05) is 19.6 Å². The molecule has 110 valence electrons. The first-order valence-electron chi connectivity index (χ1n) is 7.04. The molecule has 1 aliphatic rings. The molecule has 0 aromatic heterocycles. The number of nitrogens with zero attached hydrogens (tertiary/aromatic N) is 1. The van der Waals surface area contributed by atoms with Crippen molar-refractivity contribution in [2.45, 2.75) is 32.2 Å². The first-order chi connectivity index (χ1) is 9.58. The topological polar surface area (TPSA) is 32.3 Å². The molecular weight excluding hydrogens is 323 g/mol. The van der Waals surface area contributed by atoms with Crippen molar-refractivity contribution in [1.82, 2.24) is 10.2 Å². The highest BCUT2D eigenvalue weighted by molar-refractivity contribution is 9.10. The van der Waals surface area contributed by atoms with Gasteiger partial charge in [-0.2, -0.15) is 0 Å². The third-order valence-electron chi connectivity index (χ3n) is 3.70. The van der Waals surface area contributed by atoms with E-state index in [1.165, 1.54) is 12.5 Å². The Morgan fingerprint density at radius 1 is 1.40 bits per heavy atom. The predicted octanol–water partition coefficient (Wildman–Crippen LogP) is 3.25. The molecule has 3 nitrogen and oxygen atoms in total. The Balaban J connectivity index is 1.87. The first-order valence-corrected chi connectivity index (χ1v) is 7.83. The Hall–Kier alpha value is -0.940. The fourth-order valence-corrected chi connectivity index (χ4v) is 2.79. The van der Waals surface area contributed by atoms with Crippen LogP contribution in [0.1, 0.15) is 37.8 Å². The van der Waals surface area contributed by atoms with Crippen LogP contribution in [0.4, 0.5) is 4.39 Å². The Morgan fingerprint density at radius 3 is 2.75 bits per heavy atom. The molecule has 0 saturated carbocycles. The number of hydrogen-bond acceptors (Lipinski definition) is 2. The highest BCUT2D eigenvalue weighted by Gasteiger charge is 2.18. The number of nitrogens with one attached hydrogen (secondary N) is 1. The summed E-state index contributed by atoms with van der Waals surface area (Å²) in [7, 11) is 0. The molecule has 5 heteroatoms. The zero-order chi connectivity index (χ0) is 14.5. The third kappa shape index (κ3) is 4.03. The van der Waals surface area contributed by atoms with Gasteiger partial charge in [0.15, 0.2) is 0 Å². The third-order valence-corrected chi connectivity index (χ3v) is 4.19. The quantitative estimate of drug-likeness (QED) is 0.910. The molecule has 2 rings (SSSR count). The average molecular weight is 343 g/mol.